The number of carbonyl (C=O) groups excluding carboxylic acids is 1. The van der Waals surface area contributed by atoms with Crippen molar-refractivity contribution in [1.82, 2.24) is 0 Å². The van der Waals surface area contributed by atoms with Crippen molar-refractivity contribution < 1.29 is 76.8 Å². The fourth-order valence-corrected chi connectivity index (χ4v) is 9.19. The first-order valence-electron chi connectivity index (χ1n) is 19.7. The van der Waals surface area contributed by atoms with E-state index in [0.717, 1.165) is 16.8 Å². The topological polar surface area (TPSA) is 253 Å². The Kier molecular flexibility index (Phi) is 13.8. The largest absolute Gasteiger partial charge is 0.394 e. The van der Waals surface area contributed by atoms with Crippen LogP contribution in [0.5, 0.6) is 5.75 Å². The van der Waals surface area contributed by atoms with Crippen LogP contribution in [0.2, 0.25) is 0 Å². The van der Waals surface area contributed by atoms with Crippen molar-refractivity contribution in [2.75, 3.05) is 23.9 Å². The summed E-state index contributed by atoms with van der Waals surface area (Å²) >= 11 is 0. The number of aliphatic hydroxyl groups excluding tert-OH is 8. The number of rotatable bonds is 15. The third-order valence-electron chi connectivity index (χ3n) is 11.4. The van der Waals surface area contributed by atoms with Crippen molar-refractivity contribution >= 4 is 21.7 Å². The van der Waals surface area contributed by atoms with Crippen LogP contribution in [-0.4, -0.2) is 135 Å². The molecule has 4 aromatic rings. The van der Waals surface area contributed by atoms with Gasteiger partial charge in [-0.1, -0.05) is 66.7 Å². The van der Waals surface area contributed by atoms with Crippen molar-refractivity contribution in [2.45, 2.75) is 86.2 Å². The third-order valence-corrected chi connectivity index (χ3v) is 12.6. The Bertz CT molecular complexity index is 2180. The van der Waals surface area contributed by atoms with Crippen LogP contribution in [0.4, 0.5) is 10.1 Å². The van der Waals surface area contributed by atoms with Gasteiger partial charge in [0.1, 0.15) is 72.3 Å². The number of amides is 1. The van der Waals surface area contributed by atoms with Crippen LogP contribution in [0.1, 0.15) is 36.1 Å². The molecule has 328 valence electrons. The van der Waals surface area contributed by atoms with Crippen LogP contribution >= 0.6 is 0 Å². The fraction of sp³-hybridized carbons (Fsp3) is 0.419. The van der Waals surface area contributed by atoms with Crippen LogP contribution in [0.15, 0.2) is 103 Å². The van der Waals surface area contributed by atoms with Crippen molar-refractivity contribution in [3.05, 3.63) is 120 Å². The average Bonchev–Trinajstić information content (AvgIpc) is 3.26. The summed E-state index contributed by atoms with van der Waals surface area (Å²) < 4.78 is 61.5. The van der Waals surface area contributed by atoms with Gasteiger partial charge in [0.15, 0.2) is 6.29 Å². The van der Waals surface area contributed by atoms with Gasteiger partial charge in [0.05, 0.1) is 31.3 Å². The molecule has 8 N–H and O–H groups in total. The summed E-state index contributed by atoms with van der Waals surface area (Å²) in [7, 11) is -4.49. The highest BCUT2D eigenvalue weighted by atomic mass is 32.2. The highest BCUT2D eigenvalue weighted by Crippen LogP contribution is 2.46. The molecule has 3 aliphatic rings. The van der Waals surface area contributed by atoms with Crippen LogP contribution in [-0.2, 0) is 29.1 Å². The monoisotopic (exact) mass is 869 g/mol. The second-order valence-electron chi connectivity index (χ2n) is 15.4. The Morgan fingerprint density at radius 1 is 0.705 bits per heavy atom. The Labute approximate surface area is 350 Å². The Hall–Kier alpha value is -4.41. The first-order valence-corrected chi connectivity index (χ1v) is 21.3. The lowest BCUT2D eigenvalue weighted by atomic mass is 9.78. The van der Waals surface area contributed by atoms with Crippen molar-refractivity contribution in [3.8, 4) is 16.9 Å². The molecule has 4 aromatic carbocycles. The summed E-state index contributed by atoms with van der Waals surface area (Å²) in [6.07, 6.45) is -17.0. The number of para-hydroxylation sites is 1. The molecule has 0 saturated carbocycles. The molecular formula is C43H48FNO15S. The van der Waals surface area contributed by atoms with E-state index in [1.807, 2.05) is 54.6 Å². The fourth-order valence-electron chi connectivity index (χ4n) is 8.04. The lowest BCUT2D eigenvalue weighted by Gasteiger charge is -2.48. The van der Waals surface area contributed by atoms with Crippen LogP contribution < -0.4 is 9.08 Å². The smallest absolute Gasteiger partial charge is 0.311 e. The van der Waals surface area contributed by atoms with Gasteiger partial charge in [0, 0.05) is 5.69 Å². The Morgan fingerprint density at radius 3 is 1.93 bits per heavy atom. The minimum Gasteiger partial charge on any atom is -0.394 e. The Morgan fingerprint density at radius 2 is 1.31 bits per heavy atom. The molecule has 0 bridgehead atoms. The summed E-state index contributed by atoms with van der Waals surface area (Å²) in [5.41, 5.74) is 3.66. The van der Waals surface area contributed by atoms with Crippen LogP contribution in [0.25, 0.3) is 11.1 Å². The van der Waals surface area contributed by atoms with E-state index < -0.39 is 108 Å². The molecule has 1 unspecified atom stereocenters. The molecule has 0 aromatic heterocycles. The number of nitrogens with zero attached hydrogens (tertiary/aromatic N) is 1. The first kappa shape index (κ1) is 44.6. The third kappa shape index (κ3) is 9.65. The standard InChI is InChI=1S/C43H48FNO15S/c44-27-14-10-25(11-15-27)31(48)19-18-30-35(45(42(30)54)28-4-2-1-3-5-28)26-8-6-23(7-9-26)24-12-16-29(17-13-24)60-61(55,56)22-34-37(50)39(52)41(33(21-47)57-34)59-43-40(53)38(51)36(49)32(20-46)58-43/h1-17,30-41,43,46-53H,18-22H2/t30-,31+,32-,33-,34+,35-,36-,37+,38+,39-,40-,41?,43+/m1/s1. The molecule has 1 amide bonds. The molecule has 3 fully saturated rings. The molecule has 7 rings (SSSR count). The molecule has 3 heterocycles. The number of hydrogen-bond acceptors (Lipinski definition) is 15. The zero-order valence-corrected chi connectivity index (χ0v) is 33.3. The first-order chi connectivity index (χ1) is 29.2. The summed E-state index contributed by atoms with van der Waals surface area (Å²) in [6.45, 7) is -1.59. The van der Waals surface area contributed by atoms with Crippen molar-refractivity contribution in [3.63, 3.8) is 0 Å². The number of aliphatic hydroxyl groups is 8. The molecule has 61 heavy (non-hydrogen) atoms. The van der Waals surface area contributed by atoms with Gasteiger partial charge in [0.25, 0.3) is 0 Å². The van der Waals surface area contributed by atoms with Crippen LogP contribution in [0, 0.1) is 11.7 Å². The zero-order valence-electron chi connectivity index (χ0n) is 32.5. The van der Waals surface area contributed by atoms with Gasteiger partial charge < -0.3 is 64.1 Å². The van der Waals surface area contributed by atoms with Gasteiger partial charge in [-0.05, 0) is 71.5 Å². The quantitative estimate of drug-likeness (QED) is 0.0615. The molecule has 13 atom stereocenters. The molecule has 3 aliphatic heterocycles. The molecule has 0 radical (unpaired) electrons. The molecule has 0 spiro atoms. The summed E-state index contributed by atoms with van der Waals surface area (Å²) in [5, 5.41) is 82.5. The average molecular weight is 870 g/mol. The van der Waals surface area contributed by atoms with E-state index in [9.17, 15) is 58.5 Å². The predicted molar refractivity (Wildman–Crippen MR) is 213 cm³/mol. The number of anilines is 1. The van der Waals surface area contributed by atoms with E-state index >= 15 is 0 Å². The van der Waals surface area contributed by atoms with Gasteiger partial charge in [-0.25, -0.2) is 4.39 Å². The maximum atomic E-state index is 13.5. The second-order valence-corrected chi connectivity index (χ2v) is 17.0. The molecular weight excluding hydrogens is 822 g/mol. The van der Waals surface area contributed by atoms with Gasteiger partial charge in [0.2, 0.25) is 5.91 Å². The lowest BCUT2D eigenvalue weighted by Crippen LogP contribution is -2.65. The zero-order chi connectivity index (χ0) is 43.6. The summed E-state index contributed by atoms with van der Waals surface area (Å²) in [4.78, 5) is 15.2. The normalized spacial score (nSPS) is 31.0. The van der Waals surface area contributed by atoms with Crippen LogP contribution in [0.3, 0.4) is 0 Å². The minimum absolute atomic E-state index is 0.0640. The number of β-lactam (4-membered cyclic amide) rings is 1. The summed E-state index contributed by atoms with van der Waals surface area (Å²) in [6, 6.07) is 28.3. The van der Waals surface area contributed by atoms with E-state index in [1.54, 1.807) is 17.0 Å². The Balaban J connectivity index is 0.983. The second kappa shape index (κ2) is 18.9. The lowest BCUT2D eigenvalue weighted by molar-refractivity contribution is -0.341. The highest BCUT2D eigenvalue weighted by Gasteiger charge is 2.51. The minimum atomic E-state index is -4.49. The predicted octanol–water partition coefficient (Wildman–Crippen LogP) is 1.09. The summed E-state index contributed by atoms with van der Waals surface area (Å²) in [5.74, 6) is -1.91. The van der Waals surface area contributed by atoms with E-state index in [1.165, 1.54) is 36.4 Å². The highest BCUT2D eigenvalue weighted by molar-refractivity contribution is 7.87. The SMILES string of the molecule is O=C1[C@H](CC[C@H](O)c2ccc(F)cc2)[C@@H](c2ccc(-c3ccc(OS(=O)(=O)C[C@@H]4O[C@H](CO)C(O[C@@H]5O[C@H](CO)[C@@H](O)[C@H](O)[C@H]5O)[C@H](O)[C@H]4O)cc3)cc2)N1c1ccccc1. The van der Waals surface area contributed by atoms with Crippen molar-refractivity contribution in [1.29, 1.82) is 0 Å². The van der Waals surface area contributed by atoms with Gasteiger partial charge >= 0.3 is 10.1 Å². The van der Waals surface area contributed by atoms with Gasteiger partial charge in [-0.3, -0.25) is 4.79 Å². The molecule has 16 nitrogen and oxygen atoms in total. The number of benzene rings is 4. The molecule has 18 heteroatoms. The van der Waals surface area contributed by atoms with Gasteiger partial charge in [-0.15, -0.1) is 0 Å². The van der Waals surface area contributed by atoms with Gasteiger partial charge in [-0.2, -0.15) is 8.42 Å². The number of ether oxygens (including phenoxy) is 3. The number of halogens is 1. The van der Waals surface area contributed by atoms with Crippen molar-refractivity contribution in [2.24, 2.45) is 5.92 Å². The maximum Gasteiger partial charge on any atom is 0.311 e. The maximum absolute atomic E-state index is 13.5. The van der Waals surface area contributed by atoms with E-state index in [4.69, 9.17) is 18.4 Å². The number of hydrogen-bond donors (Lipinski definition) is 8. The molecule has 3 saturated heterocycles. The molecule has 0 aliphatic carbocycles. The van der Waals surface area contributed by atoms with E-state index in [0.29, 0.717) is 24.0 Å². The van der Waals surface area contributed by atoms with E-state index in [-0.39, 0.29) is 17.7 Å². The number of carbonyl (C=O) groups is 1. The van der Waals surface area contributed by atoms with E-state index in [2.05, 4.69) is 0 Å².